The van der Waals surface area contributed by atoms with E-state index in [1.54, 1.807) is 25.3 Å². The van der Waals surface area contributed by atoms with Gasteiger partial charge in [-0.25, -0.2) is 0 Å². The van der Waals surface area contributed by atoms with Crippen LogP contribution in [0.1, 0.15) is 29.6 Å². The van der Waals surface area contributed by atoms with E-state index in [4.69, 9.17) is 16.3 Å². The van der Waals surface area contributed by atoms with Crippen molar-refractivity contribution < 1.29 is 9.53 Å². The molecule has 0 atom stereocenters. The van der Waals surface area contributed by atoms with E-state index in [1.165, 1.54) is 25.9 Å². The van der Waals surface area contributed by atoms with Gasteiger partial charge < -0.3 is 15.0 Å². The van der Waals surface area contributed by atoms with Gasteiger partial charge in [0.05, 0.1) is 12.1 Å². The van der Waals surface area contributed by atoms with Gasteiger partial charge in [-0.05, 0) is 57.1 Å². The topological polar surface area (TPSA) is 41.6 Å². The number of benzene rings is 1. The molecule has 5 heteroatoms. The second-order valence-electron chi connectivity index (χ2n) is 5.01. The predicted molar refractivity (Wildman–Crippen MR) is 80.6 cm³/mol. The van der Waals surface area contributed by atoms with Crippen LogP contribution in [-0.4, -0.2) is 44.1 Å². The van der Waals surface area contributed by atoms with Crippen molar-refractivity contribution in [3.63, 3.8) is 0 Å². The van der Waals surface area contributed by atoms with Crippen LogP contribution in [0.25, 0.3) is 0 Å². The number of hydrogen-bond acceptors (Lipinski definition) is 3. The number of carbonyl (C=O) groups is 1. The van der Waals surface area contributed by atoms with Gasteiger partial charge in [0.2, 0.25) is 0 Å². The summed E-state index contributed by atoms with van der Waals surface area (Å²) in [6, 6.07) is 5.07. The van der Waals surface area contributed by atoms with Gasteiger partial charge in [0.25, 0.3) is 5.91 Å². The summed E-state index contributed by atoms with van der Waals surface area (Å²) in [5.41, 5.74) is 0.567. The van der Waals surface area contributed by atoms with E-state index in [0.717, 1.165) is 13.0 Å². The third-order valence-corrected chi connectivity index (χ3v) is 3.84. The van der Waals surface area contributed by atoms with Crippen molar-refractivity contribution in [3.05, 3.63) is 28.8 Å². The van der Waals surface area contributed by atoms with Crippen LogP contribution in [0.15, 0.2) is 18.2 Å². The molecule has 0 saturated carbocycles. The number of methoxy groups -OCH3 is 1. The number of carbonyl (C=O) groups excluding carboxylic acids is 1. The van der Waals surface area contributed by atoms with Gasteiger partial charge in [-0.2, -0.15) is 0 Å². The van der Waals surface area contributed by atoms with Crippen molar-refractivity contribution >= 4 is 17.5 Å². The molecular formula is C15H21ClN2O2. The number of likely N-dealkylation sites (tertiary alicyclic amines) is 1. The molecule has 1 aliphatic rings. The molecule has 110 valence electrons. The fourth-order valence-electron chi connectivity index (χ4n) is 2.42. The fourth-order valence-corrected chi connectivity index (χ4v) is 2.68. The third kappa shape index (κ3) is 4.12. The van der Waals surface area contributed by atoms with Crippen molar-refractivity contribution in [2.24, 2.45) is 0 Å². The SMILES string of the molecule is COc1ccc(C(=O)NCCCN2CCCC2)cc1Cl. The first-order chi connectivity index (χ1) is 9.70. The molecule has 1 saturated heterocycles. The molecule has 0 spiro atoms. The highest BCUT2D eigenvalue weighted by molar-refractivity contribution is 6.32. The Balaban J connectivity index is 1.75. The monoisotopic (exact) mass is 296 g/mol. The first-order valence-corrected chi connectivity index (χ1v) is 7.42. The number of amides is 1. The lowest BCUT2D eigenvalue weighted by Crippen LogP contribution is -2.28. The minimum Gasteiger partial charge on any atom is -0.495 e. The third-order valence-electron chi connectivity index (χ3n) is 3.55. The van der Waals surface area contributed by atoms with Gasteiger partial charge in [0.15, 0.2) is 0 Å². The normalized spacial score (nSPS) is 15.3. The van der Waals surface area contributed by atoms with Crippen molar-refractivity contribution in [2.45, 2.75) is 19.3 Å². The standard InChI is InChI=1S/C15H21ClN2O2/c1-20-14-6-5-12(11-13(14)16)15(19)17-7-4-10-18-8-2-3-9-18/h5-6,11H,2-4,7-10H2,1H3,(H,17,19). The molecule has 0 radical (unpaired) electrons. The molecular weight excluding hydrogens is 276 g/mol. The Morgan fingerprint density at radius 2 is 2.15 bits per heavy atom. The Bertz CT molecular complexity index is 459. The lowest BCUT2D eigenvalue weighted by atomic mass is 10.2. The van der Waals surface area contributed by atoms with E-state index in [2.05, 4.69) is 10.2 Å². The molecule has 1 fully saturated rings. The summed E-state index contributed by atoms with van der Waals surface area (Å²) in [5, 5.41) is 3.38. The number of ether oxygens (including phenoxy) is 1. The largest absolute Gasteiger partial charge is 0.495 e. The van der Waals surface area contributed by atoms with Crippen LogP contribution in [0.5, 0.6) is 5.75 Å². The number of nitrogens with zero attached hydrogens (tertiary/aromatic N) is 1. The number of nitrogens with one attached hydrogen (secondary N) is 1. The van der Waals surface area contributed by atoms with E-state index in [0.29, 0.717) is 22.9 Å². The van der Waals surface area contributed by atoms with Gasteiger partial charge >= 0.3 is 0 Å². The predicted octanol–water partition coefficient (Wildman–Crippen LogP) is 2.56. The van der Waals surface area contributed by atoms with Crippen molar-refractivity contribution in [1.82, 2.24) is 10.2 Å². The van der Waals surface area contributed by atoms with Crippen LogP contribution in [0, 0.1) is 0 Å². The van der Waals surface area contributed by atoms with E-state index >= 15 is 0 Å². The summed E-state index contributed by atoms with van der Waals surface area (Å²) < 4.78 is 5.07. The zero-order valence-corrected chi connectivity index (χ0v) is 12.6. The van der Waals surface area contributed by atoms with Gasteiger partial charge in [-0.15, -0.1) is 0 Å². The van der Waals surface area contributed by atoms with Gasteiger partial charge in [0.1, 0.15) is 5.75 Å². The van der Waals surface area contributed by atoms with E-state index in [1.807, 2.05) is 0 Å². The molecule has 4 nitrogen and oxygen atoms in total. The zero-order valence-electron chi connectivity index (χ0n) is 11.8. The Labute approximate surface area is 125 Å². The highest BCUT2D eigenvalue weighted by Crippen LogP contribution is 2.24. The number of rotatable bonds is 6. The van der Waals surface area contributed by atoms with Gasteiger partial charge in [-0.1, -0.05) is 11.6 Å². The quantitative estimate of drug-likeness (QED) is 0.820. The number of halogens is 1. The van der Waals surface area contributed by atoms with Gasteiger partial charge in [-0.3, -0.25) is 4.79 Å². The van der Waals surface area contributed by atoms with Crippen LogP contribution in [0.3, 0.4) is 0 Å². The zero-order chi connectivity index (χ0) is 14.4. The molecule has 20 heavy (non-hydrogen) atoms. The Hall–Kier alpha value is -1.26. The van der Waals surface area contributed by atoms with Crippen molar-refractivity contribution in [1.29, 1.82) is 0 Å². The molecule has 1 aliphatic heterocycles. The van der Waals surface area contributed by atoms with Crippen LogP contribution in [-0.2, 0) is 0 Å². The Morgan fingerprint density at radius 3 is 2.80 bits per heavy atom. The summed E-state index contributed by atoms with van der Waals surface area (Å²) >= 11 is 6.01. The van der Waals surface area contributed by atoms with Crippen LogP contribution >= 0.6 is 11.6 Å². The fraction of sp³-hybridized carbons (Fsp3) is 0.533. The summed E-state index contributed by atoms with van der Waals surface area (Å²) in [5.74, 6) is 0.494. The minimum atomic E-state index is -0.0871. The molecule has 0 unspecified atom stereocenters. The molecule has 0 aliphatic carbocycles. The maximum absolute atomic E-state index is 12.0. The molecule has 2 rings (SSSR count). The highest BCUT2D eigenvalue weighted by atomic mass is 35.5. The number of hydrogen-bond donors (Lipinski definition) is 1. The first kappa shape index (κ1) is 15.1. The average Bonchev–Trinajstić information content (AvgIpc) is 2.96. The summed E-state index contributed by atoms with van der Waals surface area (Å²) in [7, 11) is 1.55. The second kappa shape index (κ2) is 7.50. The van der Waals surface area contributed by atoms with Crippen molar-refractivity contribution in [2.75, 3.05) is 33.3 Å². The molecule has 0 aromatic heterocycles. The average molecular weight is 297 g/mol. The molecule has 1 N–H and O–H groups in total. The van der Waals surface area contributed by atoms with E-state index < -0.39 is 0 Å². The molecule has 0 bridgehead atoms. The Kier molecular flexibility index (Phi) is 5.68. The maximum atomic E-state index is 12.0. The molecule has 1 heterocycles. The minimum absolute atomic E-state index is 0.0871. The summed E-state index contributed by atoms with van der Waals surface area (Å²) in [6.45, 7) is 4.15. The molecule has 1 aromatic carbocycles. The second-order valence-corrected chi connectivity index (χ2v) is 5.41. The molecule has 1 aromatic rings. The Morgan fingerprint density at radius 1 is 1.40 bits per heavy atom. The van der Waals surface area contributed by atoms with Crippen molar-refractivity contribution in [3.8, 4) is 5.75 Å². The maximum Gasteiger partial charge on any atom is 0.251 e. The summed E-state index contributed by atoms with van der Waals surface area (Å²) in [6.07, 6.45) is 3.59. The first-order valence-electron chi connectivity index (χ1n) is 7.05. The lowest BCUT2D eigenvalue weighted by Gasteiger charge is -2.14. The smallest absolute Gasteiger partial charge is 0.251 e. The van der Waals surface area contributed by atoms with Crippen LogP contribution in [0.2, 0.25) is 5.02 Å². The summed E-state index contributed by atoms with van der Waals surface area (Å²) in [4.78, 5) is 14.4. The van der Waals surface area contributed by atoms with Crippen LogP contribution in [0.4, 0.5) is 0 Å². The van der Waals surface area contributed by atoms with E-state index in [9.17, 15) is 4.79 Å². The van der Waals surface area contributed by atoms with Crippen LogP contribution < -0.4 is 10.1 Å². The van der Waals surface area contributed by atoms with Gasteiger partial charge in [0, 0.05) is 12.1 Å². The molecule has 1 amide bonds. The lowest BCUT2D eigenvalue weighted by molar-refractivity contribution is 0.0952. The highest BCUT2D eigenvalue weighted by Gasteiger charge is 2.11. The van der Waals surface area contributed by atoms with E-state index in [-0.39, 0.29) is 5.91 Å².